The molecule has 0 saturated heterocycles. The Labute approximate surface area is 118 Å². The van der Waals surface area contributed by atoms with Crippen LogP contribution in [0.2, 0.25) is 0 Å². The van der Waals surface area contributed by atoms with E-state index in [1.54, 1.807) is 11.3 Å². The van der Waals surface area contributed by atoms with Gasteiger partial charge in [0, 0.05) is 17.6 Å². The molecule has 0 aliphatic heterocycles. The topological polar surface area (TPSA) is 42.7 Å². The maximum atomic E-state index is 4.66. The molecule has 0 bridgehead atoms. The summed E-state index contributed by atoms with van der Waals surface area (Å²) < 4.78 is 2.15. The first-order valence-electron chi connectivity index (χ1n) is 6.68. The highest BCUT2D eigenvalue weighted by atomic mass is 32.1. The molecule has 2 heterocycles. The Morgan fingerprint density at radius 3 is 2.79 bits per heavy atom. The van der Waals surface area contributed by atoms with E-state index in [1.807, 2.05) is 13.3 Å². The van der Waals surface area contributed by atoms with Crippen LogP contribution in [0.25, 0.3) is 0 Å². The highest BCUT2D eigenvalue weighted by Gasteiger charge is 2.06. The molecular formula is C14H22N4S. The van der Waals surface area contributed by atoms with Crippen molar-refractivity contribution < 1.29 is 0 Å². The lowest BCUT2D eigenvalue weighted by Crippen LogP contribution is -2.18. The van der Waals surface area contributed by atoms with E-state index < -0.39 is 0 Å². The minimum Gasteiger partial charge on any atom is -0.329 e. The Kier molecular flexibility index (Phi) is 4.71. The van der Waals surface area contributed by atoms with E-state index in [9.17, 15) is 0 Å². The minimum absolute atomic E-state index is 0.677. The summed E-state index contributed by atoms with van der Waals surface area (Å²) in [6.07, 6.45) is 1.89. The van der Waals surface area contributed by atoms with Crippen LogP contribution in [0.5, 0.6) is 0 Å². The van der Waals surface area contributed by atoms with Crippen molar-refractivity contribution in [2.75, 3.05) is 6.54 Å². The van der Waals surface area contributed by atoms with E-state index in [1.165, 1.54) is 5.69 Å². The molecule has 0 fully saturated rings. The normalized spacial score (nSPS) is 11.4. The smallest absolute Gasteiger partial charge is 0.107 e. The fraction of sp³-hybridized carbons (Fsp3) is 0.571. The molecule has 0 spiro atoms. The van der Waals surface area contributed by atoms with Crippen molar-refractivity contribution in [3.8, 4) is 0 Å². The molecular weight excluding hydrogens is 256 g/mol. The number of hydrogen-bond donors (Lipinski definition) is 1. The van der Waals surface area contributed by atoms with Crippen molar-refractivity contribution in [3.05, 3.63) is 33.8 Å². The average Bonchev–Trinajstić information content (AvgIpc) is 2.91. The summed E-state index contributed by atoms with van der Waals surface area (Å²) in [5.74, 6) is 0.677. The molecule has 0 saturated carbocycles. The van der Waals surface area contributed by atoms with Crippen LogP contribution in [-0.2, 0) is 13.1 Å². The van der Waals surface area contributed by atoms with E-state index in [-0.39, 0.29) is 0 Å². The molecule has 2 aromatic rings. The minimum atomic E-state index is 0.677. The van der Waals surface area contributed by atoms with Gasteiger partial charge in [-0.2, -0.15) is 0 Å². The summed E-state index contributed by atoms with van der Waals surface area (Å²) >= 11 is 1.73. The molecule has 0 radical (unpaired) electrons. The van der Waals surface area contributed by atoms with E-state index in [4.69, 9.17) is 0 Å². The number of imidazole rings is 1. The lowest BCUT2D eigenvalue weighted by Gasteiger charge is -2.05. The SMILES string of the molecule is Cc1ncn(Cc2csc(CNCC(C)C)n2)c1C. The Hall–Kier alpha value is -1.20. The number of nitrogens with one attached hydrogen (secondary N) is 1. The van der Waals surface area contributed by atoms with Crippen LogP contribution in [0.4, 0.5) is 0 Å². The summed E-state index contributed by atoms with van der Waals surface area (Å²) in [4.78, 5) is 8.97. The highest BCUT2D eigenvalue weighted by Crippen LogP contribution is 2.13. The molecule has 1 N–H and O–H groups in total. The second-order valence-electron chi connectivity index (χ2n) is 5.30. The van der Waals surface area contributed by atoms with Gasteiger partial charge in [0.05, 0.1) is 24.3 Å². The summed E-state index contributed by atoms with van der Waals surface area (Å²) in [6.45, 7) is 11.3. The molecule has 5 heteroatoms. The first-order chi connectivity index (χ1) is 9.06. The van der Waals surface area contributed by atoms with E-state index >= 15 is 0 Å². The van der Waals surface area contributed by atoms with Crippen LogP contribution in [0, 0.1) is 19.8 Å². The Bertz CT molecular complexity index is 527. The Morgan fingerprint density at radius 2 is 2.16 bits per heavy atom. The molecule has 0 amide bonds. The van der Waals surface area contributed by atoms with Crippen LogP contribution < -0.4 is 5.32 Å². The standard InChI is InChI=1S/C14H22N4S/c1-10(2)5-15-6-14-17-13(8-19-14)7-18-9-16-11(3)12(18)4/h8-10,15H,5-7H2,1-4H3. The molecule has 0 unspecified atom stereocenters. The van der Waals surface area contributed by atoms with Crippen LogP contribution in [-0.4, -0.2) is 21.1 Å². The zero-order valence-electron chi connectivity index (χ0n) is 12.1. The van der Waals surface area contributed by atoms with E-state index in [0.717, 1.165) is 36.0 Å². The zero-order chi connectivity index (χ0) is 13.8. The maximum absolute atomic E-state index is 4.66. The second kappa shape index (κ2) is 6.30. The molecule has 19 heavy (non-hydrogen) atoms. The summed E-state index contributed by atoms with van der Waals surface area (Å²) in [6, 6.07) is 0. The predicted octanol–water partition coefficient (Wildman–Crippen LogP) is 2.75. The molecule has 0 aliphatic carbocycles. The molecule has 4 nitrogen and oxygen atoms in total. The first-order valence-corrected chi connectivity index (χ1v) is 7.56. The maximum Gasteiger partial charge on any atom is 0.107 e. The highest BCUT2D eigenvalue weighted by molar-refractivity contribution is 7.09. The van der Waals surface area contributed by atoms with Crippen molar-refractivity contribution in [2.24, 2.45) is 5.92 Å². The van der Waals surface area contributed by atoms with Crippen molar-refractivity contribution in [3.63, 3.8) is 0 Å². The third-order valence-corrected chi connectivity index (χ3v) is 4.00. The van der Waals surface area contributed by atoms with Crippen molar-refractivity contribution in [1.82, 2.24) is 19.9 Å². The van der Waals surface area contributed by atoms with Gasteiger partial charge < -0.3 is 9.88 Å². The molecule has 0 aliphatic rings. The number of rotatable bonds is 6. The van der Waals surface area contributed by atoms with Gasteiger partial charge in [-0.05, 0) is 26.3 Å². The lowest BCUT2D eigenvalue weighted by atomic mass is 10.2. The summed E-state index contributed by atoms with van der Waals surface area (Å²) in [5, 5.41) is 6.72. The van der Waals surface area contributed by atoms with E-state index in [0.29, 0.717) is 5.92 Å². The van der Waals surface area contributed by atoms with Gasteiger partial charge in [-0.1, -0.05) is 13.8 Å². The molecule has 2 aromatic heterocycles. The van der Waals surface area contributed by atoms with Crippen molar-refractivity contribution in [2.45, 2.75) is 40.8 Å². The van der Waals surface area contributed by atoms with Gasteiger partial charge in [-0.3, -0.25) is 0 Å². The molecule has 0 atom stereocenters. The number of thiazole rings is 1. The van der Waals surface area contributed by atoms with Crippen LogP contribution in [0.15, 0.2) is 11.7 Å². The van der Waals surface area contributed by atoms with Gasteiger partial charge >= 0.3 is 0 Å². The zero-order valence-corrected chi connectivity index (χ0v) is 12.9. The van der Waals surface area contributed by atoms with Gasteiger partial charge in [0.25, 0.3) is 0 Å². The fourth-order valence-electron chi connectivity index (χ4n) is 1.85. The monoisotopic (exact) mass is 278 g/mol. The lowest BCUT2D eigenvalue weighted by molar-refractivity contribution is 0.551. The van der Waals surface area contributed by atoms with Gasteiger partial charge in [0.15, 0.2) is 0 Å². The summed E-state index contributed by atoms with van der Waals surface area (Å²) in [5.41, 5.74) is 3.42. The first kappa shape index (κ1) is 14.2. The second-order valence-corrected chi connectivity index (χ2v) is 6.24. The third-order valence-electron chi connectivity index (χ3n) is 3.11. The van der Waals surface area contributed by atoms with Gasteiger partial charge in [-0.15, -0.1) is 11.3 Å². The quantitative estimate of drug-likeness (QED) is 0.883. The van der Waals surface area contributed by atoms with Gasteiger partial charge in [0.2, 0.25) is 0 Å². The Morgan fingerprint density at radius 1 is 1.37 bits per heavy atom. The summed E-state index contributed by atoms with van der Waals surface area (Å²) in [7, 11) is 0. The number of aromatic nitrogens is 3. The average molecular weight is 278 g/mol. The van der Waals surface area contributed by atoms with Gasteiger partial charge in [0.1, 0.15) is 5.01 Å². The van der Waals surface area contributed by atoms with E-state index in [2.05, 4.69) is 46.0 Å². The fourth-order valence-corrected chi connectivity index (χ4v) is 2.60. The number of nitrogens with zero attached hydrogens (tertiary/aromatic N) is 3. The molecule has 0 aromatic carbocycles. The number of aryl methyl sites for hydroxylation is 1. The predicted molar refractivity (Wildman–Crippen MR) is 79.5 cm³/mol. The Balaban J connectivity index is 1.92. The molecule has 2 rings (SSSR count). The van der Waals surface area contributed by atoms with Crippen LogP contribution in [0.1, 0.15) is 35.9 Å². The van der Waals surface area contributed by atoms with Crippen LogP contribution in [0.3, 0.4) is 0 Å². The third kappa shape index (κ3) is 3.88. The largest absolute Gasteiger partial charge is 0.329 e. The van der Waals surface area contributed by atoms with Crippen molar-refractivity contribution >= 4 is 11.3 Å². The van der Waals surface area contributed by atoms with Crippen molar-refractivity contribution in [1.29, 1.82) is 0 Å². The number of hydrogen-bond acceptors (Lipinski definition) is 4. The van der Waals surface area contributed by atoms with Crippen LogP contribution >= 0.6 is 11.3 Å². The molecule has 104 valence electrons. The van der Waals surface area contributed by atoms with Gasteiger partial charge in [-0.25, -0.2) is 9.97 Å².